The first-order valence-electron chi connectivity index (χ1n) is 7.18. The van der Waals surface area contributed by atoms with Gasteiger partial charge in [-0.3, -0.25) is 0 Å². The van der Waals surface area contributed by atoms with E-state index in [1.165, 1.54) is 22.3 Å². The molecule has 0 spiro atoms. The average Bonchev–Trinajstić information content (AvgIpc) is 2.48. The van der Waals surface area contributed by atoms with Gasteiger partial charge in [0.25, 0.3) is 0 Å². The summed E-state index contributed by atoms with van der Waals surface area (Å²) in [5, 5.41) is 0. The van der Waals surface area contributed by atoms with E-state index < -0.39 is 0 Å². The highest BCUT2D eigenvalue weighted by atomic mass is 32.1. The van der Waals surface area contributed by atoms with Crippen LogP contribution in [0.3, 0.4) is 0 Å². The third-order valence-corrected chi connectivity index (χ3v) is 3.73. The SMILES string of the molecule is CCc1cccc(-c2ccc(OCCCS)cc2C)c1. The van der Waals surface area contributed by atoms with Gasteiger partial charge >= 0.3 is 0 Å². The Kier molecular flexibility index (Phi) is 5.54. The highest BCUT2D eigenvalue weighted by molar-refractivity contribution is 7.80. The summed E-state index contributed by atoms with van der Waals surface area (Å²) in [4.78, 5) is 0. The molecule has 2 rings (SSSR count). The first-order chi connectivity index (χ1) is 9.74. The van der Waals surface area contributed by atoms with Crippen LogP contribution in [0.25, 0.3) is 11.1 Å². The lowest BCUT2D eigenvalue weighted by atomic mass is 9.98. The van der Waals surface area contributed by atoms with Crippen LogP contribution in [-0.4, -0.2) is 12.4 Å². The molecule has 0 bridgehead atoms. The fraction of sp³-hybridized carbons (Fsp3) is 0.333. The lowest BCUT2D eigenvalue weighted by Crippen LogP contribution is -1.98. The van der Waals surface area contributed by atoms with Crippen molar-refractivity contribution in [3.05, 3.63) is 53.6 Å². The van der Waals surface area contributed by atoms with Gasteiger partial charge in [-0.05, 0) is 59.9 Å². The van der Waals surface area contributed by atoms with Gasteiger partial charge in [0.15, 0.2) is 0 Å². The fourth-order valence-corrected chi connectivity index (χ4v) is 2.39. The van der Waals surface area contributed by atoms with Crippen molar-refractivity contribution in [2.45, 2.75) is 26.7 Å². The molecular weight excluding hydrogens is 264 g/mol. The van der Waals surface area contributed by atoms with Crippen molar-refractivity contribution < 1.29 is 4.74 Å². The first kappa shape index (κ1) is 15.0. The van der Waals surface area contributed by atoms with Crippen molar-refractivity contribution in [1.29, 1.82) is 0 Å². The Hall–Kier alpha value is -1.41. The van der Waals surface area contributed by atoms with E-state index in [-0.39, 0.29) is 0 Å². The lowest BCUT2D eigenvalue weighted by molar-refractivity contribution is 0.318. The number of benzene rings is 2. The maximum absolute atomic E-state index is 5.71. The Morgan fingerprint density at radius 2 is 1.95 bits per heavy atom. The minimum absolute atomic E-state index is 0.730. The normalized spacial score (nSPS) is 10.6. The van der Waals surface area contributed by atoms with Crippen LogP contribution in [0.5, 0.6) is 5.75 Å². The zero-order valence-corrected chi connectivity index (χ0v) is 13.1. The number of rotatable bonds is 6. The van der Waals surface area contributed by atoms with Gasteiger partial charge in [-0.1, -0.05) is 37.3 Å². The quantitative estimate of drug-likeness (QED) is 0.585. The molecule has 0 aromatic heterocycles. The zero-order chi connectivity index (χ0) is 14.4. The molecule has 20 heavy (non-hydrogen) atoms. The number of thiol groups is 1. The second-order valence-electron chi connectivity index (χ2n) is 4.96. The molecular formula is C18H22OS. The molecule has 0 saturated heterocycles. The predicted molar refractivity (Wildman–Crippen MR) is 90.0 cm³/mol. The molecule has 0 N–H and O–H groups in total. The molecule has 2 aromatic carbocycles. The molecule has 1 nitrogen and oxygen atoms in total. The van der Waals surface area contributed by atoms with Crippen molar-refractivity contribution >= 4 is 12.6 Å². The van der Waals surface area contributed by atoms with E-state index in [4.69, 9.17) is 4.74 Å². The summed E-state index contributed by atoms with van der Waals surface area (Å²) in [6, 6.07) is 15.1. The van der Waals surface area contributed by atoms with Crippen LogP contribution < -0.4 is 4.74 Å². The molecule has 0 radical (unpaired) electrons. The van der Waals surface area contributed by atoms with Gasteiger partial charge in [-0.25, -0.2) is 0 Å². The summed E-state index contributed by atoms with van der Waals surface area (Å²) in [5.74, 6) is 1.81. The van der Waals surface area contributed by atoms with Crippen LogP contribution >= 0.6 is 12.6 Å². The molecule has 0 amide bonds. The molecule has 0 heterocycles. The zero-order valence-electron chi connectivity index (χ0n) is 12.2. The van der Waals surface area contributed by atoms with Gasteiger partial charge in [-0.15, -0.1) is 0 Å². The summed E-state index contributed by atoms with van der Waals surface area (Å²) >= 11 is 4.19. The van der Waals surface area contributed by atoms with Gasteiger partial charge in [-0.2, -0.15) is 12.6 Å². The van der Waals surface area contributed by atoms with Gasteiger partial charge < -0.3 is 4.74 Å². The Balaban J connectivity index is 2.20. The lowest BCUT2D eigenvalue weighted by Gasteiger charge is -2.11. The van der Waals surface area contributed by atoms with E-state index in [0.29, 0.717) is 0 Å². The van der Waals surface area contributed by atoms with Crippen LogP contribution in [0.15, 0.2) is 42.5 Å². The molecule has 0 aliphatic rings. The van der Waals surface area contributed by atoms with Crippen molar-refractivity contribution in [2.24, 2.45) is 0 Å². The van der Waals surface area contributed by atoms with Crippen LogP contribution in [-0.2, 0) is 6.42 Å². The van der Waals surface area contributed by atoms with E-state index in [1.807, 2.05) is 0 Å². The molecule has 0 fully saturated rings. The highest BCUT2D eigenvalue weighted by Gasteiger charge is 2.04. The van der Waals surface area contributed by atoms with Crippen LogP contribution in [0.4, 0.5) is 0 Å². The van der Waals surface area contributed by atoms with Crippen LogP contribution in [0.2, 0.25) is 0 Å². The monoisotopic (exact) mass is 286 g/mol. The van der Waals surface area contributed by atoms with Crippen molar-refractivity contribution in [3.8, 4) is 16.9 Å². The van der Waals surface area contributed by atoms with Crippen molar-refractivity contribution in [1.82, 2.24) is 0 Å². The Morgan fingerprint density at radius 1 is 1.10 bits per heavy atom. The van der Waals surface area contributed by atoms with E-state index in [1.54, 1.807) is 0 Å². The molecule has 0 saturated carbocycles. The average molecular weight is 286 g/mol. The summed E-state index contributed by atoms with van der Waals surface area (Å²) < 4.78 is 5.71. The Bertz CT molecular complexity index is 563. The second kappa shape index (κ2) is 7.39. The standard InChI is InChI=1S/C18H22OS/c1-3-15-6-4-7-16(13-15)18-9-8-17(12-14(18)2)19-10-5-11-20/h4,6-9,12-13,20H,3,5,10-11H2,1-2H3. The summed E-state index contributed by atoms with van der Waals surface area (Å²) in [6.45, 7) is 5.05. The summed E-state index contributed by atoms with van der Waals surface area (Å²) in [5.41, 5.74) is 5.18. The first-order valence-corrected chi connectivity index (χ1v) is 7.81. The smallest absolute Gasteiger partial charge is 0.119 e. The molecule has 2 aromatic rings. The minimum atomic E-state index is 0.730. The molecule has 0 aliphatic carbocycles. The maximum Gasteiger partial charge on any atom is 0.119 e. The Labute approximate surface area is 127 Å². The van der Waals surface area contributed by atoms with Crippen molar-refractivity contribution in [2.75, 3.05) is 12.4 Å². The molecule has 0 unspecified atom stereocenters. The largest absolute Gasteiger partial charge is 0.494 e. The summed E-state index contributed by atoms with van der Waals surface area (Å²) in [6.07, 6.45) is 2.04. The maximum atomic E-state index is 5.71. The number of ether oxygens (including phenoxy) is 1. The highest BCUT2D eigenvalue weighted by Crippen LogP contribution is 2.27. The van der Waals surface area contributed by atoms with Gasteiger partial charge in [0.05, 0.1) is 6.61 Å². The molecule has 2 heteroatoms. The molecule has 0 aliphatic heterocycles. The fourth-order valence-electron chi connectivity index (χ4n) is 2.26. The van der Waals surface area contributed by atoms with Crippen LogP contribution in [0.1, 0.15) is 24.5 Å². The van der Waals surface area contributed by atoms with Crippen molar-refractivity contribution in [3.63, 3.8) is 0 Å². The number of hydrogen-bond donors (Lipinski definition) is 1. The van der Waals surface area contributed by atoms with Crippen LogP contribution in [0, 0.1) is 6.92 Å². The third-order valence-electron chi connectivity index (χ3n) is 3.42. The van der Waals surface area contributed by atoms with E-state index in [0.717, 1.165) is 31.0 Å². The van der Waals surface area contributed by atoms with Gasteiger partial charge in [0, 0.05) is 0 Å². The number of hydrogen-bond acceptors (Lipinski definition) is 2. The summed E-state index contributed by atoms with van der Waals surface area (Å²) in [7, 11) is 0. The second-order valence-corrected chi connectivity index (χ2v) is 5.40. The van der Waals surface area contributed by atoms with E-state index in [9.17, 15) is 0 Å². The van der Waals surface area contributed by atoms with E-state index >= 15 is 0 Å². The van der Waals surface area contributed by atoms with E-state index in [2.05, 4.69) is 68.9 Å². The third kappa shape index (κ3) is 3.80. The topological polar surface area (TPSA) is 9.23 Å². The number of aryl methyl sites for hydroxylation is 2. The molecule has 106 valence electrons. The minimum Gasteiger partial charge on any atom is -0.494 e. The molecule has 0 atom stereocenters. The van der Waals surface area contributed by atoms with Gasteiger partial charge in [0.1, 0.15) is 5.75 Å². The van der Waals surface area contributed by atoms with Gasteiger partial charge in [0.2, 0.25) is 0 Å². The predicted octanol–water partition coefficient (Wildman–Crippen LogP) is 4.92. The Morgan fingerprint density at radius 3 is 2.65 bits per heavy atom.